The predicted molar refractivity (Wildman–Crippen MR) is 131 cm³/mol. The summed E-state index contributed by atoms with van der Waals surface area (Å²) in [6.45, 7) is 4.75. The molecule has 0 saturated carbocycles. The van der Waals surface area contributed by atoms with E-state index in [1.54, 1.807) is 7.11 Å². The number of nitrogens with zero attached hydrogens (tertiary/aromatic N) is 6. The lowest BCUT2D eigenvalue weighted by Crippen LogP contribution is -2.35. The van der Waals surface area contributed by atoms with Gasteiger partial charge in [-0.2, -0.15) is 5.10 Å². The molecule has 0 radical (unpaired) electrons. The van der Waals surface area contributed by atoms with Crippen LogP contribution in [0.25, 0.3) is 16.7 Å². The first-order valence-electron chi connectivity index (χ1n) is 11.7. The largest absolute Gasteiger partial charge is 0.377 e. The summed E-state index contributed by atoms with van der Waals surface area (Å²) in [5.74, 6) is 0.941. The number of ether oxygens (including phenoxy) is 1. The summed E-state index contributed by atoms with van der Waals surface area (Å²) in [5.41, 5.74) is 2.98. The topological polar surface area (TPSA) is 76.4 Å². The minimum absolute atomic E-state index is 0.0900. The second kappa shape index (κ2) is 9.79. The maximum Gasteiger partial charge on any atom is 0.253 e. The fraction of sp³-hybridized carbons (Fsp3) is 0.308. The van der Waals surface area contributed by atoms with E-state index in [4.69, 9.17) is 19.8 Å². The van der Waals surface area contributed by atoms with Crippen LogP contribution in [0.15, 0.2) is 54.6 Å². The third-order valence-corrected chi connectivity index (χ3v) is 6.18. The highest BCUT2D eigenvalue weighted by atomic mass is 19.1. The van der Waals surface area contributed by atoms with Crippen molar-refractivity contribution in [3.63, 3.8) is 0 Å². The Hall–Kier alpha value is -3.85. The molecule has 0 atom stereocenters. The molecular weight excluding hydrogens is 447 g/mol. The predicted octanol–water partition coefficient (Wildman–Crippen LogP) is 3.76. The van der Waals surface area contributed by atoms with Crippen LogP contribution in [0.5, 0.6) is 0 Å². The van der Waals surface area contributed by atoms with Crippen molar-refractivity contribution in [1.82, 2.24) is 24.6 Å². The van der Waals surface area contributed by atoms with Gasteiger partial charge < -0.3 is 14.5 Å². The highest BCUT2D eigenvalue weighted by molar-refractivity contribution is 5.94. The van der Waals surface area contributed by atoms with E-state index in [9.17, 15) is 9.18 Å². The van der Waals surface area contributed by atoms with Crippen LogP contribution in [-0.2, 0) is 11.3 Å². The summed E-state index contributed by atoms with van der Waals surface area (Å²) in [6, 6.07) is 15.6. The summed E-state index contributed by atoms with van der Waals surface area (Å²) in [4.78, 5) is 26.6. The first-order valence-corrected chi connectivity index (χ1v) is 11.7. The molecule has 0 N–H and O–H groups in total. The SMILES string of the molecule is COCc1nc(N2CCCN(C(=O)c3ccc(F)cc3)CC2)c2c(C)nn(-c3ccccc3)c2n1. The highest BCUT2D eigenvalue weighted by Crippen LogP contribution is 2.30. The highest BCUT2D eigenvalue weighted by Gasteiger charge is 2.25. The molecular formula is C26H27FN6O2. The molecule has 35 heavy (non-hydrogen) atoms. The van der Waals surface area contributed by atoms with Gasteiger partial charge in [0.25, 0.3) is 5.91 Å². The average molecular weight is 475 g/mol. The van der Waals surface area contributed by atoms with Crippen LogP contribution < -0.4 is 4.90 Å². The number of para-hydroxylation sites is 1. The van der Waals surface area contributed by atoms with Gasteiger partial charge in [-0.25, -0.2) is 19.0 Å². The molecule has 4 aromatic rings. The van der Waals surface area contributed by atoms with Gasteiger partial charge in [-0.1, -0.05) is 18.2 Å². The molecule has 0 aliphatic carbocycles. The molecule has 2 aromatic heterocycles. The molecule has 180 valence electrons. The van der Waals surface area contributed by atoms with E-state index >= 15 is 0 Å². The smallest absolute Gasteiger partial charge is 0.253 e. The molecule has 1 amide bonds. The van der Waals surface area contributed by atoms with Crippen molar-refractivity contribution in [2.24, 2.45) is 0 Å². The number of methoxy groups -OCH3 is 1. The zero-order chi connectivity index (χ0) is 24.4. The van der Waals surface area contributed by atoms with E-state index in [2.05, 4.69) is 4.90 Å². The van der Waals surface area contributed by atoms with Crippen LogP contribution in [0.2, 0.25) is 0 Å². The van der Waals surface area contributed by atoms with Crippen molar-refractivity contribution in [1.29, 1.82) is 0 Å². The van der Waals surface area contributed by atoms with E-state index in [0.29, 0.717) is 31.0 Å². The van der Waals surface area contributed by atoms with E-state index < -0.39 is 0 Å². The van der Waals surface area contributed by atoms with Crippen LogP contribution in [-0.4, -0.2) is 63.8 Å². The lowest BCUT2D eigenvalue weighted by Gasteiger charge is -2.24. The van der Waals surface area contributed by atoms with Crippen LogP contribution in [0.1, 0.15) is 28.3 Å². The van der Waals surface area contributed by atoms with Gasteiger partial charge >= 0.3 is 0 Å². The van der Waals surface area contributed by atoms with Gasteiger partial charge in [0.1, 0.15) is 18.2 Å². The lowest BCUT2D eigenvalue weighted by molar-refractivity contribution is 0.0767. The second-order valence-electron chi connectivity index (χ2n) is 8.57. The number of aryl methyl sites for hydroxylation is 1. The molecule has 2 aromatic carbocycles. The first kappa shape index (κ1) is 22.9. The Balaban J connectivity index is 1.48. The Labute approximate surface area is 203 Å². The summed E-state index contributed by atoms with van der Waals surface area (Å²) >= 11 is 0. The third-order valence-electron chi connectivity index (χ3n) is 6.18. The van der Waals surface area contributed by atoms with Gasteiger partial charge in [0.2, 0.25) is 0 Å². The summed E-state index contributed by atoms with van der Waals surface area (Å²) in [6.07, 6.45) is 0.782. The molecule has 0 unspecified atom stereocenters. The van der Waals surface area contributed by atoms with E-state index in [1.165, 1.54) is 24.3 Å². The molecule has 0 spiro atoms. The zero-order valence-electron chi connectivity index (χ0n) is 19.8. The lowest BCUT2D eigenvalue weighted by atomic mass is 10.2. The van der Waals surface area contributed by atoms with E-state index in [-0.39, 0.29) is 18.3 Å². The van der Waals surface area contributed by atoms with E-state index in [0.717, 1.165) is 41.2 Å². The minimum atomic E-state index is -0.352. The van der Waals surface area contributed by atoms with Crippen molar-refractivity contribution in [2.45, 2.75) is 20.0 Å². The van der Waals surface area contributed by atoms with Crippen molar-refractivity contribution in [3.05, 3.63) is 77.5 Å². The number of fused-ring (bicyclic) bond motifs is 1. The number of hydrogen-bond acceptors (Lipinski definition) is 6. The second-order valence-corrected chi connectivity index (χ2v) is 8.57. The molecule has 3 heterocycles. The summed E-state index contributed by atoms with van der Waals surface area (Å²) in [5, 5.41) is 5.68. The fourth-order valence-corrected chi connectivity index (χ4v) is 4.48. The number of aromatic nitrogens is 4. The Morgan fingerprint density at radius 1 is 1.00 bits per heavy atom. The Morgan fingerprint density at radius 2 is 1.77 bits per heavy atom. The van der Waals surface area contributed by atoms with Gasteiger partial charge in [0, 0.05) is 38.9 Å². The molecule has 0 bridgehead atoms. The molecule has 9 heteroatoms. The Kier molecular flexibility index (Phi) is 6.41. The Morgan fingerprint density at radius 3 is 2.51 bits per heavy atom. The standard InChI is InChI=1S/C26H27FN6O2/c1-18-23-24(28-22(17-35-2)29-25(23)33(30-18)21-7-4-3-5-8-21)31-13-6-14-32(16-15-31)26(34)19-9-11-20(27)12-10-19/h3-5,7-12H,6,13-17H2,1-2H3. The van der Waals surface area contributed by atoms with Gasteiger partial charge in [-0.05, 0) is 49.7 Å². The van der Waals surface area contributed by atoms with Crippen molar-refractivity contribution in [3.8, 4) is 5.69 Å². The fourth-order valence-electron chi connectivity index (χ4n) is 4.48. The maximum absolute atomic E-state index is 13.3. The maximum atomic E-state index is 13.3. The van der Waals surface area contributed by atoms with Crippen LogP contribution in [0, 0.1) is 12.7 Å². The van der Waals surface area contributed by atoms with Crippen molar-refractivity contribution in [2.75, 3.05) is 38.2 Å². The van der Waals surface area contributed by atoms with Crippen LogP contribution >= 0.6 is 0 Å². The first-order chi connectivity index (χ1) is 17.0. The number of carbonyl (C=O) groups is 1. The molecule has 1 aliphatic heterocycles. The third kappa shape index (κ3) is 4.59. The number of hydrogen-bond donors (Lipinski definition) is 0. The molecule has 1 aliphatic rings. The normalized spacial score (nSPS) is 14.4. The summed E-state index contributed by atoms with van der Waals surface area (Å²) in [7, 11) is 1.62. The number of rotatable bonds is 5. The molecule has 1 saturated heterocycles. The quantitative estimate of drug-likeness (QED) is 0.438. The molecule has 5 rings (SSSR count). The van der Waals surface area contributed by atoms with Gasteiger partial charge in [-0.3, -0.25) is 4.79 Å². The van der Waals surface area contributed by atoms with E-state index in [1.807, 2.05) is 46.8 Å². The number of amides is 1. The number of halogens is 1. The average Bonchev–Trinajstić information content (AvgIpc) is 3.04. The van der Waals surface area contributed by atoms with Crippen LogP contribution in [0.4, 0.5) is 10.2 Å². The zero-order valence-corrected chi connectivity index (χ0v) is 19.8. The Bertz CT molecular complexity index is 1340. The van der Waals surface area contributed by atoms with Crippen molar-refractivity contribution < 1.29 is 13.9 Å². The number of benzene rings is 2. The van der Waals surface area contributed by atoms with Crippen LogP contribution in [0.3, 0.4) is 0 Å². The van der Waals surface area contributed by atoms with Gasteiger partial charge in [0.15, 0.2) is 11.5 Å². The molecule has 8 nitrogen and oxygen atoms in total. The van der Waals surface area contributed by atoms with Gasteiger partial charge in [0.05, 0.1) is 16.8 Å². The number of anilines is 1. The minimum Gasteiger partial charge on any atom is -0.377 e. The summed E-state index contributed by atoms with van der Waals surface area (Å²) < 4.78 is 20.5. The van der Waals surface area contributed by atoms with Gasteiger partial charge in [-0.15, -0.1) is 0 Å². The van der Waals surface area contributed by atoms with Crippen molar-refractivity contribution >= 4 is 22.8 Å². The molecule has 1 fully saturated rings. The number of carbonyl (C=O) groups excluding carboxylic acids is 1. The monoisotopic (exact) mass is 474 g/mol.